The Hall–Kier alpha value is -3.16. The van der Waals surface area contributed by atoms with Crippen LogP contribution in [0.2, 0.25) is 0 Å². The molecule has 0 radical (unpaired) electrons. The molecule has 0 unspecified atom stereocenters. The number of hydrogen-bond acceptors (Lipinski definition) is 1. The topological polar surface area (TPSA) is 0 Å². The van der Waals surface area contributed by atoms with Crippen molar-refractivity contribution < 1.29 is 0 Å². The molecule has 5 aromatic carbocycles. The molecular formula is C28H18S. The average Bonchev–Trinajstić information content (AvgIpc) is 3.09. The summed E-state index contributed by atoms with van der Waals surface area (Å²) in [6, 6.07) is 27.6. The van der Waals surface area contributed by atoms with Crippen LogP contribution in [0.5, 0.6) is 0 Å². The van der Waals surface area contributed by atoms with Gasteiger partial charge in [-0.3, -0.25) is 0 Å². The van der Waals surface area contributed by atoms with Crippen molar-refractivity contribution in [3.63, 3.8) is 0 Å². The van der Waals surface area contributed by atoms with E-state index < -0.39 is 0 Å². The van der Waals surface area contributed by atoms with Gasteiger partial charge < -0.3 is 0 Å². The molecule has 0 aliphatic heterocycles. The van der Waals surface area contributed by atoms with Crippen LogP contribution in [-0.4, -0.2) is 0 Å². The minimum atomic E-state index is 1.16. The summed E-state index contributed by atoms with van der Waals surface area (Å²) in [4.78, 5) is 0. The normalized spacial score (nSPS) is 13.8. The van der Waals surface area contributed by atoms with Gasteiger partial charge in [0, 0.05) is 20.2 Å². The van der Waals surface area contributed by atoms with Crippen LogP contribution in [0.25, 0.3) is 58.6 Å². The average molecular weight is 387 g/mol. The molecule has 0 spiro atoms. The number of allylic oxidation sites excluding steroid dienone is 1. The third-order valence-electron chi connectivity index (χ3n) is 6.39. The Kier molecular flexibility index (Phi) is 3.08. The number of aryl methyl sites for hydroxylation is 1. The molecule has 1 aliphatic carbocycles. The van der Waals surface area contributed by atoms with E-state index in [1.165, 1.54) is 63.6 Å². The first kappa shape index (κ1) is 15.7. The Bertz CT molecular complexity index is 1650. The Labute approximate surface area is 172 Å². The molecule has 29 heavy (non-hydrogen) atoms. The van der Waals surface area contributed by atoms with E-state index in [4.69, 9.17) is 0 Å². The summed E-state index contributed by atoms with van der Waals surface area (Å²) in [7, 11) is 0. The molecule has 7 rings (SSSR count). The van der Waals surface area contributed by atoms with E-state index in [0.29, 0.717) is 0 Å². The van der Waals surface area contributed by atoms with E-state index in [1.54, 1.807) is 0 Å². The molecular weight excluding hydrogens is 368 g/mol. The van der Waals surface area contributed by atoms with E-state index in [-0.39, 0.29) is 0 Å². The smallest absolute Gasteiger partial charge is 0.0361 e. The first-order chi connectivity index (χ1) is 14.3. The predicted octanol–water partition coefficient (Wildman–Crippen LogP) is 8.47. The second-order valence-electron chi connectivity index (χ2n) is 8.18. The van der Waals surface area contributed by atoms with Gasteiger partial charge in [-0.2, -0.15) is 0 Å². The summed E-state index contributed by atoms with van der Waals surface area (Å²) < 4.78 is 2.77. The highest BCUT2D eigenvalue weighted by molar-refractivity contribution is 7.26. The molecule has 0 saturated carbocycles. The van der Waals surface area contributed by atoms with Gasteiger partial charge in [-0.25, -0.2) is 0 Å². The van der Waals surface area contributed by atoms with Gasteiger partial charge in [-0.15, -0.1) is 11.3 Å². The van der Waals surface area contributed by atoms with Crippen molar-refractivity contribution in [1.82, 2.24) is 0 Å². The van der Waals surface area contributed by atoms with Crippen LogP contribution in [0.15, 0.2) is 78.9 Å². The van der Waals surface area contributed by atoms with Crippen LogP contribution in [-0.2, 0) is 6.42 Å². The molecule has 6 aromatic rings. The number of rotatable bonds is 0. The highest BCUT2D eigenvalue weighted by Gasteiger charge is 2.11. The highest BCUT2D eigenvalue weighted by atomic mass is 32.1. The van der Waals surface area contributed by atoms with Crippen molar-refractivity contribution >= 4 is 69.9 Å². The summed E-state index contributed by atoms with van der Waals surface area (Å²) in [5, 5.41) is 10.7. The second-order valence-corrected chi connectivity index (χ2v) is 9.27. The predicted molar refractivity (Wildman–Crippen MR) is 129 cm³/mol. The molecule has 0 fully saturated rings. The minimum absolute atomic E-state index is 1.16. The summed E-state index contributed by atoms with van der Waals surface area (Å²) in [5.74, 6) is 0. The lowest BCUT2D eigenvalue weighted by Crippen LogP contribution is -1.93. The third-order valence-corrected chi connectivity index (χ3v) is 7.50. The van der Waals surface area contributed by atoms with Crippen LogP contribution >= 0.6 is 11.3 Å². The van der Waals surface area contributed by atoms with Crippen molar-refractivity contribution in [3.8, 4) is 0 Å². The molecule has 0 atom stereocenters. The lowest BCUT2D eigenvalue weighted by molar-refractivity contribution is 0.989. The Morgan fingerprint density at radius 3 is 1.93 bits per heavy atom. The van der Waals surface area contributed by atoms with Crippen molar-refractivity contribution in [1.29, 1.82) is 0 Å². The Balaban J connectivity index is 1.56. The maximum Gasteiger partial charge on any atom is 0.0361 e. The molecule has 0 N–H and O–H groups in total. The zero-order valence-corrected chi connectivity index (χ0v) is 16.7. The van der Waals surface area contributed by atoms with Crippen molar-refractivity contribution in [2.24, 2.45) is 0 Å². The molecule has 1 aliphatic rings. The fraction of sp³-hybridized carbons (Fsp3) is 0.0714. The maximum atomic E-state index is 2.40. The fourth-order valence-electron chi connectivity index (χ4n) is 4.89. The maximum absolute atomic E-state index is 2.40. The number of hydrogen-bond donors (Lipinski definition) is 0. The monoisotopic (exact) mass is 386 g/mol. The second kappa shape index (κ2) is 5.68. The van der Waals surface area contributed by atoms with Gasteiger partial charge in [-0.05, 0) is 98.8 Å². The van der Waals surface area contributed by atoms with Gasteiger partial charge in [0.1, 0.15) is 0 Å². The molecule has 1 aromatic heterocycles. The molecule has 0 nitrogen and oxygen atoms in total. The zero-order valence-electron chi connectivity index (χ0n) is 15.9. The first-order valence-corrected chi connectivity index (χ1v) is 11.1. The summed E-state index contributed by atoms with van der Waals surface area (Å²) >= 11 is 1.92. The molecule has 0 bridgehead atoms. The van der Waals surface area contributed by atoms with Gasteiger partial charge in [-0.1, -0.05) is 42.5 Å². The quantitative estimate of drug-likeness (QED) is 0.230. The van der Waals surface area contributed by atoms with Crippen LogP contribution in [0.4, 0.5) is 0 Å². The Morgan fingerprint density at radius 1 is 0.586 bits per heavy atom. The third kappa shape index (κ3) is 2.31. The van der Waals surface area contributed by atoms with Crippen molar-refractivity contribution in [2.75, 3.05) is 0 Å². The van der Waals surface area contributed by atoms with Crippen LogP contribution < -0.4 is 0 Å². The van der Waals surface area contributed by atoms with Gasteiger partial charge in [0.05, 0.1) is 0 Å². The summed E-state index contributed by atoms with van der Waals surface area (Å²) in [6.07, 6.45) is 6.89. The Morgan fingerprint density at radius 2 is 1.21 bits per heavy atom. The molecule has 0 amide bonds. The molecule has 1 heteroatoms. The van der Waals surface area contributed by atoms with E-state index in [2.05, 4.69) is 84.9 Å². The fourth-order valence-corrected chi connectivity index (χ4v) is 6.06. The lowest BCUT2D eigenvalue weighted by Gasteiger charge is -2.12. The molecule has 1 heterocycles. The summed E-state index contributed by atoms with van der Waals surface area (Å²) in [6.45, 7) is 0. The first-order valence-electron chi connectivity index (χ1n) is 10.2. The van der Waals surface area contributed by atoms with Gasteiger partial charge in [0.2, 0.25) is 0 Å². The zero-order chi connectivity index (χ0) is 18.9. The van der Waals surface area contributed by atoms with E-state index in [1.807, 2.05) is 11.3 Å². The number of thiophene rings is 1. The molecule has 136 valence electrons. The van der Waals surface area contributed by atoms with E-state index >= 15 is 0 Å². The lowest BCUT2D eigenvalue weighted by atomic mass is 9.93. The van der Waals surface area contributed by atoms with Crippen molar-refractivity contribution in [3.05, 3.63) is 90.0 Å². The van der Waals surface area contributed by atoms with Crippen LogP contribution in [0, 0.1) is 0 Å². The number of fused-ring (bicyclic) bond motifs is 7. The minimum Gasteiger partial charge on any atom is -0.135 e. The van der Waals surface area contributed by atoms with Crippen LogP contribution in [0.1, 0.15) is 17.5 Å². The number of benzene rings is 5. The SMILES string of the molecule is C1=Cc2cc3cc4c(cc3cc2CC1)sc1cc2cc3ccccc3cc2cc14. The highest BCUT2D eigenvalue weighted by Crippen LogP contribution is 2.40. The molecule has 0 saturated heterocycles. The van der Waals surface area contributed by atoms with Gasteiger partial charge in [0.25, 0.3) is 0 Å². The van der Waals surface area contributed by atoms with Gasteiger partial charge >= 0.3 is 0 Å². The van der Waals surface area contributed by atoms with Gasteiger partial charge in [0.15, 0.2) is 0 Å². The standard InChI is InChI=1S/C28H18S/c1-3-7-19-11-23-15-27-25(13-21(23)9-17(19)5-1)26-14-22-10-18-6-2-4-8-20(18)12-24(22)16-28(26)29-27/h1-3,5-7,9-16H,4,8H2. The largest absolute Gasteiger partial charge is 0.135 e. The summed E-state index contributed by atoms with van der Waals surface area (Å²) in [5.41, 5.74) is 2.87. The van der Waals surface area contributed by atoms with E-state index in [9.17, 15) is 0 Å². The van der Waals surface area contributed by atoms with E-state index in [0.717, 1.165) is 12.8 Å². The van der Waals surface area contributed by atoms with Crippen molar-refractivity contribution in [2.45, 2.75) is 12.8 Å². The van der Waals surface area contributed by atoms with Crippen LogP contribution in [0.3, 0.4) is 0 Å².